The van der Waals surface area contributed by atoms with Gasteiger partial charge in [0.1, 0.15) is 34.5 Å². The topological polar surface area (TPSA) is 146 Å². The fraction of sp³-hybridized carbons (Fsp3) is 0.333. The average Bonchev–Trinajstić information content (AvgIpc) is 3.67. The SMILES string of the molecule is CCOc1ccc(-c2nc3ccccn3c2-c2ccnc(Nc3ccc(N4CCC(N5CCC(CCS(=O)O)CC5)CC4)cc3OC)n2)cc1C(=O)Nc1c(F)cccc1F. The molecule has 3 aromatic carbocycles. The fourth-order valence-electron chi connectivity index (χ4n) is 8.39. The molecule has 8 rings (SSSR count). The van der Waals surface area contributed by atoms with Crippen LogP contribution in [0.5, 0.6) is 11.5 Å². The van der Waals surface area contributed by atoms with Crippen LogP contribution in [-0.4, -0.2) is 90.6 Å². The summed E-state index contributed by atoms with van der Waals surface area (Å²) in [5.41, 5.74) is 4.15. The summed E-state index contributed by atoms with van der Waals surface area (Å²) in [5, 5.41) is 5.72. The highest BCUT2D eigenvalue weighted by atomic mass is 32.2. The molecule has 318 valence electrons. The second-order valence-electron chi connectivity index (χ2n) is 15.2. The van der Waals surface area contributed by atoms with Crippen LogP contribution in [0.25, 0.3) is 28.3 Å². The zero-order chi connectivity index (χ0) is 42.5. The van der Waals surface area contributed by atoms with Gasteiger partial charge in [0.15, 0.2) is 11.1 Å². The lowest BCUT2D eigenvalue weighted by atomic mass is 9.91. The number of carbonyl (C=O) groups is 1. The first-order valence-corrected chi connectivity index (χ1v) is 21.8. The van der Waals surface area contributed by atoms with Crippen molar-refractivity contribution in [2.45, 2.75) is 45.1 Å². The number of fused-ring (bicyclic) bond motifs is 1. The quantitative estimate of drug-likeness (QED) is 0.0908. The minimum absolute atomic E-state index is 0.0715. The Labute approximate surface area is 355 Å². The van der Waals surface area contributed by atoms with E-state index in [4.69, 9.17) is 19.4 Å². The number of imidazole rings is 1. The largest absolute Gasteiger partial charge is 0.494 e. The van der Waals surface area contributed by atoms with Crippen molar-refractivity contribution in [1.82, 2.24) is 24.3 Å². The van der Waals surface area contributed by atoms with Gasteiger partial charge in [-0.15, -0.1) is 0 Å². The molecule has 0 saturated carbocycles. The molecule has 1 atom stereocenters. The zero-order valence-electron chi connectivity index (χ0n) is 34.0. The standard InChI is InChI=1S/C45H48F2N8O5S/c1-3-60-38-13-10-30(27-33(38)44(56)52-42-34(46)7-6-8-35(42)47)41-43(55-21-5-4-9-40(55)51-41)37-14-20-48-45(50-37)49-36-12-11-32(28-39(36)59-2)54-24-17-31(18-25-54)53-22-15-29(16-23-53)19-26-61(57)58/h4-14,20-21,27-29,31H,3,15-19,22-26H2,1-2H3,(H,52,56)(H,57,58)(H,48,49,50). The van der Waals surface area contributed by atoms with Crippen molar-refractivity contribution in [2.75, 3.05) is 61.2 Å². The molecular formula is C45H48F2N8O5S. The molecule has 5 heterocycles. The molecule has 0 bridgehead atoms. The number of ether oxygens (including phenoxy) is 2. The number of pyridine rings is 1. The number of piperidine rings is 2. The predicted molar refractivity (Wildman–Crippen MR) is 233 cm³/mol. The molecule has 3 N–H and O–H groups in total. The van der Waals surface area contributed by atoms with E-state index in [-0.39, 0.29) is 17.9 Å². The molecule has 16 heteroatoms. The van der Waals surface area contributed by atoms with Gasteiger partial charge in [-0.05, 0) is 119 Å². The number of anilines is 4. The number of likely N-dealkylation sites (tertiary alicyclic amines) is 1. The van der Waals surface area contributed by atoms with E-state index < -0.39 is 34.3 Å². The minimum Gasteiger partial charge on any atom is -0.494 e. The third-order valence-corrected chi connectivity index (χ3v) is 12.1. The van der Waals surface area contributed by atoms with Crippen molar-refractivity contribution in [3.63, 3.8) is 0 Å². The number of methoxy groups -OCH3 is 1. The Morgan fingerprint density at radius 1 is 0.918 bits per heavy atom. The Bertz CT molecular complexity index is 2520. The van der Waals surface area contributed by atoms with Crippen LogP contribution < -0.4 is 25.0 Å². The maximum absolute atomic E-state index is 14.6. The molecule has 1 amide bonds. The van der Waals surface area contributed by atoms with E-state index in [0.29, 0.717) is 63.4 Å². The number of aromatic nitrogens is 4. The van der Waals surface area contributed by atoms with Gasteiger partial charge in [0.25, 0.3) is 5.91 Å². The van der Waals surface area contributed by atoms with E-state index >= 15 is 0 Å². The highest BCUT2D eigenvalue weighted by Gasteiger charge is 2.29. The number of carbonyl (C=O) groups excluding carboxylic acids is 1. The summed E-state index contributed by atoms with van der Waals surface area (Å²) < 4.78 is 62.9. The zero-order valence-corrected chi connectivity index (χ0v) is 34.8. The van der Waals surface area contributed by atoms with Gasteiger partial charge in [0, 0.05) is 54.6 Å². The van der Waals surface area contributed by atoms with E-state index in [1.807, 2.05) is 40.9 Å². The predicted octanol–water partition coefficient (Wildman–Crippen LogP) is 8.43. The summed E-state index contributed by atoms with van der Waals surface area (Å²) in [4.78, 5) is 33.0. The van der Waals surface area contributed by atoms with Crippen LogP contribution in [0, 0.1) is 17.6 Å². The van der Waals surface area contributed by atoms with Crippen LogP contribution >= 0.6 is 0 Å². The van der Waals surface area contributed by atoms with E-state index in [0.717, 1.165) is 76.1 Å². The number of rotatable bonds is 14. The maximum atomic E-state index is 14.6. The Hall–Kier alpha value is -5.97. The normalized spacial score (nSPS) is 15.8. The number of nitrogens with zero attached hydrogens (tertiary/aromatic N) is 6. The molecular weight excluding hydrogens is 803 g/mol. The Kier molecular flexibility index (Phi) is 12.8. The van der Waals surface area contributed by atoms with Crippen molar-refractivity contribution in [2.24, 2.45) is 5.92 Å². The van der Waals surface area contributed by atoms with Gasteiger partial charge >= 0.3 is 0 Å². The molecule has 0 radical (unpaired) electrons. The monoisotopic (exact) mass is 850 g/mol. The van der Waals surface area contributed by atoms with Crippen LogP contribution in [0.1, 0.15) is 49.4 Å². The van der Waals surface area contributed by atoms with Crippen molar-refractivity contribution in [3.05, 3.63) is 108 Å². The van der Waals surface area contributed by atoms with Gasteiger partial charge in [0.05, 0.1) is 42.0 Å². The summed E-state index contributed by atoms with van der Waals surface area (Å²) in [7, 11) is 1.64. The molecule has 3 aromatic heterocycles. The molecule has 2 aliphatic heterocycles. The highest BCUT2D eigenvalue weighted by Crippen LogP contribution is 2.37. The fourth-order valence-corrected chi connectivity index (χ4v) is 8.93. The molecule has 2 fully saturated rings. The van der Waals surface area contributed by atoms with Crippen molar-refractivity contribution >= 4 is 45.6 Å². The summed E-state index contributed by atoms with van der Waals surface area (Å²) in [6, 6.07) is 22.4. The summed E-state index contributed by atoms with van der Waals surface area (Å²) in [5.74, 6) is -0.429. The molecule has 0 aliphatic carbocycles. The molecule has 2 saturated heterocycles. The molecule has 13 nitrogen and oxygen atoms in total. The lowest BCUT2D eigenvalue weighted by Gasteiger charge is -2.42. The summed E-state index contributed by atoms with van der Waals surface area (Å²) in [6.07, 6.45) is 8.66. The van der Waals surface area contributed by atoms with Gasteiger partial charge < -0.3 is 34.5 Å². The number of hydrogen-bond donors (Lipinski definition) is 3. The number of amides is 1. The Morgan fingerprint density at radius 2 is 1.70 bits per heavy atom. The third-order valence-electron chi connectivity index (χ3n) is 11.6. The Morgan fingerprint density at radius 3 is 2.44 bits per heavy atom. The Balaban J connectivity index is 1.01. The van der Waals surface area contributed by atoms with E-state index in [2.05, 4.69) is 31.5 Å². The number of halogens is 2. The number of para-hydroxylation sites is 1. The second-order valence-corrected chi connectivity index (χ2v) is 16.3. The van der Waals surface area contributed by atoms with Crippen LogP contribution in [0.2, 0.25) is 0 Å². The third kappa shape index (κ3) is 9.36. The first kappa shape index (κ1) is 41.8. The van der Waals surface area contributed by atoms with Crippen LogP contribution in [0.15, 0.2) is 91.3 Å². The molecule has 6 aromatic rings. The van der Waals surface area contributed by atoms with E-state index in [9.17, 15) is 22.3 Å². The van der Waals surface area contributed by atoms with Crippen LogP contribution in [0.4, 0.5) is 31.8 Å². The molecule has 1 unspecified atom stereocenters. The minimum atomic E-state index is -1.71. The van der Waals surface area contributed by atoms with Crippen molar-refractivity contribution in [1.29, 1.82) is 0 Å². The molecule has 61 heavy (non-hydrogen) atoms. The summed E-state index contributed by atoms with van der Waals surface area (Å²) in [6.45, 7) is 6.00. The summed E-state index contributed by atoms with van der Waals surface area (Å²) >= 11 is -1.71. The lowest BCUT2D eigenvalue weighted by molar-refractivity contribution is 0.102. The number of nitrogens with one attached hydrogen (secondary N) is 2. The number of hydrogen-bond acceptors (Lipinski definition) is 10. The van der Waals surface area contributed by atoms with Crippen LogP contribution in [-0.2, 0) is 11.1 Å². The number of benzene rings is 3. The average molecular weight is 851 g/mol. The van der Waals surface area contributed by atoms with E-state index in [1.54, 1.807) is 44.5 Å². The lowest BCUT2D eigenvalue weighted by Crippen LogP contribution is -2.47. The van der Waals surface area contributed by atoms with Crippen molar-refractivity contribution in [3.8, 4) is 34.1 Å². The second kappa shape index (κ2) is 18.7. The first-order valence-electron chi connectivity index (χ1n) is 20.5. The van der Waals surface area contributed by atoms with Gasteiger partial charge in [0.2, 0.25) is 5.95 Å². The highest BCUT2D eigenvalue weighted by molar-refractivity contribution is 7.79. The maximum Gasteiger partial charge on any atom is 0.259 e. The molecule has 2 aliphatic rings. The molecule has 0 spiro atoms. The van der Waals surface area contributed by atoms with Gasteiger partial charge in [-0.3, -0.25) is 9.20 Å². The van der Waals surface area contributed by atoms with Gasteiger partial charge in [-0.2, -0.15) is 0 Å². The van der Waals surface area contributed by atoms with Gasteiger partial charge in [-0.1, -0.05) is 12.1 Å². The van der Waals surface area contributed by atoms with Gasteiger partial charge in [-0.25, -0.2) is 27.9 Å². The van der Waals surface area contributed by atoms with Crippen molar-refractivity contribution < 1.29 is 31.8 Å². The van der Waals surface area contributed by atoms with Crippen LogP contribution in [0.3, 0.4) is 0 Å². The smallest absolute Gasteiger partial charge is 0.259 e. The van der Waals surface area contributed by atoms with E-state index in [1.165, 1.54) is 6.07 Å². The first-order chi connectivity index (χ1) is 29.7.